The van der Waals surface area contributed by atoms with Crippen LogP contribution in [0.3, 0.4) is 0 Å². The number of hydrogen-bond acceptors (Lipinski definition) is 8. The molecule has 1 amide bonds. The summed E-state index contributed by atoms with van der Waals surface area (Å²) in [5, 5.41) is 8.48. The highest BCUT2D eigenvalue weighted by Gasteiger charge is 2.19. The molecule has 0 heterocycles. The van der Waals surface area contributed by atoms with E-state index in [1.165, 1.54) is 4.72 Å². The molecule has 0 radical (unpaired) electrons. The van der Waals surface area contributed by atoms with E-state index in [-0.39, 0.29) is 11.5 Å². The molecule has 9 nitrogen and oxygen atoms in total. The van der Waals surface area contributed by atoms with Crippen LogP contribution in [0.5, 0.6) is 0 Å². The van der Waals surface area contributed by atoms with Gasteiger partial charge in [-0.05, 0) is 0 Å². The normalized spacial score (nSPS) is 14.8. The molecule has 0 saturated heterocycles. The number of carboxylic acid groups (broad SMARTS) is 1. The molecule has 0 rings (SSSR count). The Labute approximate surface area is 111 Å². The number of nitrogens with two attached hydrogens (primary N) is 2. The Bertz CT molecular complexity index is 399. The number of rotatable bonds is 8. The molecule has 0 aliphatic rings. The molecule has 12 heteroatoms. The van der Waals surface area contributed by atoms with Gasteiger partial charge in [0.1, 0.15) is 6.04 Å². The van der Waals surface area contributed by atoms with Gasteiger partial charge in [0.25, 0.3) is 5.91 Å². The monoisotopic (exact) mass is 319 g/mol. The highest BCUT2D eigenvalue weighted by atomic mass is 33.1. The zero-order valence-electron chi connectivity index (χ0n) is 8.98. The molecular formula is C6H13N3O6S3. The van der Waals surface area contributed by atoms with Crippen molar-refractivity contribution in [2.45, 2.75) is 12.1 Å². The maximum atomic E-state index is 11.1. The quantitative estimate of drug-likeness (QED) is 0.192. The summed E-state index contributed by atoms with van der Waals surface area (Å²) in [6.45, 7) is 0. The van der Waals surface area contributed by atoms with Crippen molar-refractivity contribution in [3.05, 3.63) is 0 Å². The van der Waals surface area contributed by atoms with E-state index in [4.69, 9.17) is 21.1 Å². The maximum Gasteiger partial charge on any atom is 0.359 e. The summed E-state index contributed by atoms with van der Waals surface area (Å²) in [4.78, 5) is 21.4. The first kappa shape index (κ1) is 17.5. The third-order valence-electron chi connectivity index (χ3n) is 1.46. The van der Waals surface area contributed by atoms with Crippen molar-refractivity contribution in [3.8, 4) is 0 Å². The van der Waals surface area contributed by atoms with E-state index in [1.807, 2.05) is 0 Å². The van der Waals surface area contributed by atoms with Gasteiger partial charge in [-0.25, -0.2) is 4.72 Å². The number of amides is 1. The lowest BCUT2D eigenvalue weighted by molar-refractivity contribution is -0.137. The minimum Gasteiger partial charge on any atom is -0.480 e. The van der Waals surface area contributed by atoms with Crippen LogP contribution >= 0.6 is 21.6 Å². The van der Waals surface area contributed by atoms with Crippen LogP contribution in [0, 0.1) is 0 Å². The fourth-order valence-corrected chi connectivity index (χ4v) is 3.23. The van der Waals surface area contributed by atoms with Gasteiger partial charge in [0.15, 0.2) is 0 Å². The first-order valence-electron chi connectivity index (χ1n) is 4.41. The van der Waals surface area contributed by atoms with Crippen molar-refractivity contribution < 1.29 is 27.7 Å². The Balaban J connectivity index is 3.87. The number of hydrogen-bond donors (Lipinski definition) is 5. The van der Waals surface area contributed by atoms with Crippen LogP contribution in [0.1, 0.15) is 0 Å². The molecule has 0 bridgehead atoms. The summed E-state index contributed by atoms with van der Waals surface area (Å²) in [5.74, 6) is -2.03. The summed E-state index contributed by atoms with van der Waals surface area (Å²) in [5.41, 5.74) is 10.6. The van der Waals surface area contributed by atoms with Gasteiger partial charge in [-0.1, -0.05) is 21.6 Å². The molecule has 0 spiro atoms. The summed E-state index contributed by atoms with van der Waals surface area (Å²) >= 11 is 0. The topological polar surface area (TPSA) is 173 Å². The van der Waals surface area contributed by atoms with Crippen LogP contribution < -0.4 is 16.2 Å². The standard InChI is InChI=1S/C6H13N3O6S3/c7-3(5(10)9-18(13,14)15)1-16-17-2-4(8)6(11)12/h3-4H,1-2,7-8H2,(H,9,10)(H,11,12)(H,13,14,15)/t3-,4-/m0/s1. The van der Waals surface area contributed by atoms with E-state index in [9.17, 15) is 18.0 Å². The molecular weight excluding hydrogens is 306 g/mol. The highest BCUT2D eigenvalue weighted by Crippen LogP contribution is 2.22. The molecule has 0 aliphatic heterocycles. The van der Waals surface area contributed by atoms with Crippen LogP contribution in [0.25, 0.3) is 0 Å². The van der Waals surface area contributed by atoms with E-state index < -0.39 is 34.3 Å². The van der Waals surface area contributed by atoms with Crippen LogP contribution in [0.4, 0.5) is 0 Å². The molecule has 0 saturated carbocycles. The van der Waals surface area contributed by atoms with Gasteiger partial charge in [-0.2, -0.15) is 8.42 Å². The molecule has 0 fully saturated rings. The predicted molar refractivity (Wildman–Crippen MR) is 68.2 cm³/mol. The first-order valence-corrected chi connectivity index (χ1v) is 8.33. The average molecular weight is 319 g/mol. The van der Waals surface area contributed by atoms with E-state index in [1.54, 1.807) is 0 Å². The van der Waals surface area contributed by atoms with E-state index in [0.29, 0.717) is 0 Å². The van der Waals surface area contributed by atoms with Crippen molar-refractivity contribution >= 4 is 43.8 Å². The van der Waals surface area contributed by atoms with Gasteiger partial charge in [0.2, 0.25) is 0 Å². The SMILES string of the molecule is N[C@@H](CSSC[C@H](N)C(=O)NS(=O)(=O)O)C(=O)O. The summed E-state index contributed by atoms with van der Waals surface area (Å²) in [6.07, 6.45) is 0. The fraction of sp³-hybridized carbons (Fsp3) is 0.667. The molecule has 0 aromatic heterocycles. The molecule has 0 unspecified atom stereocenters. The summed E-state index contributed by atoms with van der Waals surface area (Å²) in [6, 6.07) is -2.17. The second kappa shape index (κ2) is 7.81. The number of carbonyl (C=O) groups is 2. The van der Waals surface area contributed by atoms with Crippen molar-refractivity contribution in [1.29, 1.82) is 0 Å². The smallest absolute Gasteiger partial charge is 0.359 e. The fourth-order valence-electron chi connectivity index (χ4n) is 0.593. The van der Waals surface area contributed by atoms with E-state index in [2.05, 4.69) is 0 Å². The largest absolute Gasteiger partial charge is 0.480 e. The van der Waals surface area contributed by atoms with Crippen LogP contribution in [-0.4, -0.2) is 53.5 Å². The third kappa shape index (κ3) is 8.54. The molecule has 0 aliphatic carbocycles. The Morgan fingerprint density at radius 3 is 2.00 bits per heavy atom. The van der Waals surface area contributed by atoms with Crippen molar-refractivity contribution in [2.75, 3.05) is 11.5 Å². The van der Waals surface area contributed by atoms with Gasteiger partial charge in [-0.15, -0.1) is 0 Å². The lowest BCUT2D eigenvalue weighted by Crippen LogP contribution is -2.44. The van der Waals surface area contributed by atoms with Gasteiger partial charge < -0.3 is 16.6 Å². The summed E-state index contributed by atoms with van der Waals surface area (Å²) < 4.78 is 30.3. The minimum absolute atomic E-state index is 0.0400. The van der Waals surface area contributed by atoms with Crippen LogP contribution in [0.15, 0.2) is 0 Å². The Morgan fingerprint density at radius 1 is 1.17 bits per heavy atom. The van der Waals surface area contributed by atoms with Crippen LogP contribution in [-0.2, 0) is 19.9 Å². The average Bonchev–Trinajstić information content (AvgIpc) is 2.20. The number of nitrogens with one attached hydrogen (secondary N) is 1. The van der Waals surface area contributed by atoms with Gasteiger partial charge in [-0.3, -0.25) is 14.1 Å². The molecule has 18 heavy (non-hydrogen) atoms. The lowest BCUT2D eigenvalue weighted by Gasteiger charge is -2.10. The van der Waals surface area contributed by atoms with E-state index >= 15 is 0 Å². The molecule has 0 aromatic rings. The van der Waals surface area contributed by atoms with Crippen molar-refractivity contribution in [2.24, 2.45) is 11.5 Å². The molecule has 7 N–H and O–H groups in total. The highest BCUT2D eigenvalue weighted by molar-refractivity contribution is 8.76. The second-order valence-corrected chi connectivity index (χ2v) is 6.77. The molecule has 0 aromatic carbocycles. The minimum atomic E-state index is -4.62. The zero-order valence-corrected chi connectivity index (χ0v) is 11.4. The van der Waals surface area contributed by atoms with Crippen LogP contribution in [0.2, 0.25) is 0 Å². The Morgan fingerprint density at radius 2 is 1.61 bits per heavy atom. The summed E-state index contributed by atoms with van der Waals surface area (Å²) in [7, 11) is -2.45. The number of carbonyl (C=O) groups excluding carboxylic acids is 1. The number of aliphatic carboxylic acids is 1. The van der Waals surface area contributed by atoms with Crippen molar-refractivity contribution in [1.82, 2.24) is 4.72 Å². The van der Waals surface area contributed by atoms with Gasteiger partial charge in [0.05, 0.1) is 6.04 Å². The third-order valence-corrected chi connectivity index (χ3v) is 4.39. The zero-order chi connectivity index (χ0) is 14.3. The van der Waals surface area contributed by atoms with E-state index in [0.717, 1.165) is 21.6 Å². The second-order valence-electron chi connectivity index (χ2n) is 3.06. The maximum absolute atomic E-state index is 11.1. The molecule has 2 atom stereocenters. The van der Waals surface area contributed by atoms with Crippen molar-refractivity contribution in [3.63, 3.8) is 0 Å². The lowest BCUT2D eigenvalue weighted by atomic mass is 10.3. The first-order chi connectivity index (χ1) is 8.13. The van der Waals surface area contributed by atoms with Gasteiger partial charge in [0, 0.05) is 11.5 Å². The Hall–Kier alpha value is -0.530. The molecule has 106 valence electrons. The van der Waals surface area contributed by atoms with Gasteiger partial charge >= 0.3 is 16.3 Å². The Kier molecular flexibility index (Phi) is 7.58. The predicted octanol–water partition coefficient (Wildman–Crippen LogP) is -1.97. The number of carboxylic acids is 1.